The standard InChI is InChI=1S/C16H19N3O2/c1-4-12-5-7-13(8-6-12)21-16-14(15(17)19-20)10(2)9-11(3)18-16/h5-9,20H,4H2,1-3H3,(H2,17,19). The molecule has 110 valence electrons. The second kappa shape index (κ2) is 6.26. The van der Waals surface area contributed by atoms with Crippen LogP contribution in [0.2, 0.25) is 0 Å². The smallest absolute Gasteiger partial charge is 0.230 e. The highest BCUT2D eigenvalue weighted by atomic mass is 16.5. The SMILES string of the molecule is CCc1ccc(Oc2nc(C)cc(C)c2C(N)=NO)cc1. The Morgan fingerprint density at radius 3 is 2.52 bits per heavy atom. The summed E-state index contributed by atoms with van der Waals surface area (Å²) in [7, 11) is 0. The van der Waals surface area contributed by atoms with Gasteiger partial charge < -0.3 is 15.7 Å². The minimum Gasteiger partial charge on any atom is -0.438 e. The lowest BCUT2D eigenvalue weighted by Crippen LogP contribution is -2.17. The van der Waals surface area contributed by atoms with Crippen LogP contribution in [0.3, 0.4) is 0 Å². The van der Waals surface area contributed by atoms with Gasteiger partial charge in [0.05, 0.1) is 5.56 Å². The zero-order chi connectivity index (χ0) is 15.4. The minimum absolute atomic E-state index is 0.0137. The van der Waals surface area contributed by atoms with Crippen LogP contribution < -0.4 is 10.5 Å². The number of hydrogen-bond donors (Lipinski definition) is 2. The van der Waals surface area contributed by atoms with Crippen LogP contribution in [0.15, 0.2) is 35.5 Å². The average Bonchev–Trinajstić information content (AvgIpc) is 2.47. The third-order valence-corrected chi connectivity index (χ3v) is 3.22. The summed E-state index contributed by atoms with van der Waals surface area (Å²) < 4.78 is 5.81. The summed E-state index contributed by atoms with van der Waals surface area (Å²) >= 11 is 0. The summed E-state index contributed by atoms with van der Waals surface area (Å²) in [5, 5.41) is 12.0. The zero-order valence-corrected chi connectivity index (χ0v) is 12.4. The molecule has 0 spiro atoms. The third-order valence-electron chi connectivity index (χ3n) is 3.22. The lowest BCUT2D eigenvalue weighted by atomic mass is 10.1. The lowest BCUT2D eigenvalue weighted by molar-refractivity contribution is 0.318. The van der Waals surface area contributed by atoms with Crippen molar-refractivity contribution in [2.45, 2.75) is 27.2 Å². The molecule has 0 atom stereocenters. The molecule has 2 rings (SSSR count). The zero-order valence-electron chi connectivity index (χ0n) is 12.4. The van der Waals surface area contributed by atoms with E-state index >= 15 is 0 Å². The first kappa shape index (κ1) is 14.8. The summed E-state index contributed by atoms with van der Waals surface area (Å²) in [4.78, 5) is 4.35. The van der Waals surface area contributed by atoms with Crippen molar-refractivity contribution in [2.75, 3.05) is 0 Å². The number of nitrogens with two attached hydrogens (primary N) is 1. The van der Waals surface area contributed by atoms with Gasteiger partial charge >= 0.3 is 0 Å². The topological polar surface area (TPSA) is 80.7 Å². The van der Waals surface area contributed by atoms with Crippen molar-refractivity contribution in [3.8, 4) is 11.6 Å². The number of pyridine rings is 1. The van der Waals surface area contributed by atoms with E-state index in [1.165, 1.54) is 5.56 Å². The first-order valence-corrected chi connectivity index (χ1v) is 6.78. The van der Waals surface area contributed by atoms with Gasteiger partial charge in [-0.3, -0.25) is 0 Å². The lowest BCUT2D eigenvalue weighted by Gasteiger charge is -2.13. The summed E-state index contributed by atoms with van der Waals surface area (Å²) in [5.74, 6) is 0.990. The molecule has 0 unspecified atom stereocenters. The molecule has 0 bridgehead atoms. The molecular formula is C16H19N3O2. The Morgan fingerprint density at radius 1 is 1.29 bits per heavy atom. The quantitative estimate of drug-likeness (QED) is 0.391. The number of rotatable bonds is 4. The van der Waals surface area contributed by atoms with Crippen LogP contribution in [0.5, 0.6) is 11.6 Å². The molecule has 3 N–H and O–H groups in total. The Labute approximate surface area is 124 Å². The number of aryl methyl sites for hydroxylation is 3. The monoisotopic (exact) mass is 285 g/mol. The van der Waals surface area contributed by atoms with Crippen molar-refractivity contribution in [2.24, 2.45) is 10.9 Å². The molecule has 0 aliphatic heterocycles. The van der Waals surface area contributed by atoms with Gasteiger partial charge in [0.15, 0.2) is 5.84 Å². The third kappa shape index (κ3) is 3.31. The second-order valence-electron chi connectivity index (χ2n) is 4.85. The molecule has 0 saturated heterocycles. The van der Waals surface area contributed by atoms with Crippen LogP contribution in [0.1, 0.15) is 29.3 Å². The van der Waals surface area contributed by atoms with Crippen molar-refractivity contribution in [3.05, 3.63) is 52.7 Å². The van der Waals surface area contributed by atoms with Crippen molar-refractivity contribution in [3.63, 3.8) is 0 Å². The number of ether oxygens (including phenoxy) is 1. The van der Waals surface area contributed by atoms with Gasteiger partial charge in [0.1, 0.15) is 5.75 Å². The number of hydrogen-bond acceptors (Lipinski definition) is 4. The van der Waals surface area contributed by atoms with E-state index in [2.05, 4.69) is 17.1 Å². The van der Waals surface area contributed by atoms with E-state index in [0.29, 0.717) is 17.2 Å². The van der Waals surface area contributed by atoms with Gasteiger partial charge in [-0.1, -0.05) is 24.2 Å². The van der Waals surface area contributed by atoms with Crippen LogP contribution in [-0.4, -0.2) is 16.0 Å². The maximum absolute atomic E-state index is 8.92. The maximum Gasteiger partial charge on any atom is 0.230 e. The van der Waals surface area contributed by atoms with Gasteiger partial charge in [-0.05, 0) is 49.6 Å². The first-order valence-electron chi connectivity index (χ1n) is 6.78. The summed E-state index contributed by atoms with van der Waals surface area (Å²) in [6.07, 6.45) is 0.970. The number of amidine groups is 1. The van der Waals surface area contributed by atoms with Crippen LogP contribution in [0.25, 0.3) is 0 Å². The molecule has 0 aliphatic carbocycles. The van der Waals surface area contributed by atoms with Gasteiger partial charge in [-0.15, -0.1) is 0 Å². The van der Waals surface area contributed by atoms with E-state index in [9.17, 15) is 0 Å². The van der Waals surface area contributed by atoms with Crippen molar-refractivity contribution < 1.29 is 9.94 Å². The molecule has 0 amide bonds. The second-order valence-corrected chi connectivity index (χ2v) is 4.85. The number of oxime groups is 1. The number of aromatic nitrogens is 1. The van der Waals surface area contributed by atoms with Gasteiger partial charge in [0, 0.05) is 5.69 Å². The summed E-state index contributed by atoms with van der Waals surface area (Å²) in [5.41, 5.74) is 9.11. The van der Waals surface area contributed by atoms with Gasteiger partial charge in [0.2, 0.25) is 5.88 Å². The van der Waals surface area contributed by atoms with E-state index in [-0.39, 0.29) is 5.84 Å². The Kier molecular flexibility index (Phi) is 4.42. The molecule has 0 saturated carbocycles. The van der Waals surface area contributed by atoms with E-state index < -0.39 is 0 Å². The molecule has 0 aliphatic rings. The van der Waals surface area contributed by atoms with Crippen molar-refractivity contribution >= 4 is 5.84 Å². The molecule has 1 heterocycles. The van der Waals surface area contributed by atoms with Crippen LogP contribution in [-0.2, 0) is 6.42 Å². The Balaban J connectivity index is 2.42. The number of benzene rings is 1. The fraction of sp³-hybridized carbons (Fsp3) is 0.250. The van der Waals surface area contributed by atoms with Crippen LogP contribution in [0, 0.1) is 13.8 Å². The van der Waals surface area contributed by atoms with Crippen LogP contribution >= 0.6 is 0 Å². The first-order chi connectivity index (χ1) is 10.0. The highest BCUT2D eigenvalue weighted by Crippen LogP contribution is 2.26. The Hall–Kier alpha value is -2.56. The predicted octanol–water partition coefficient (Wildman–Crippen LogP) is 3.15. The van der Waals surface area contributed by atoms with Gasteiger partial charge in [0.25, 0.3) is 0 Å². The predicted molar refractivity (Wildman–Crippen MR) is 82.1 cm³/mol. The van der Waals surface area contributed by atoms with E-state index in [1.807, 2.05) is 44.2 Å². The Bertz CT molecular complexity index is 664. The molecular weight excluding hydrogens is 266 g/mol. The van der Waals surface area contributed by atoms with Crippen molar-refractivity contribution in [1.82, 2.24) is 4.98 Å². The molecule has 0 fully saturated rings. The van der Waals surface area contributed by atoms with E-state index in [4.69, 9.17) is 15.7 Å². The molecule has 0 radical (unpaired) electrons. The minimum atomic E-state index is -0.0137. The highest BCUT2D eigenvalue weighted by molar-refractivity contribution is 6.00. The molecule has 2 aromatic rings. The fourth-order valence-corrected chi connectivity index (χ4v) is 2.14. The molecule has 5 nitrogen and oxygen atoms in total. The molecule has 5 heteroatoms. The molecule has 1 aromatic heterocycles. The van der Waals surface area contributed by atoms with E-state index in [0.717, 1.165) is 17.7 Å². The largest absolute Gasteiger partial charge is 0.438 e. The maximum atomic E-state index is 8.92. The fourth-order valence-electron chi connectivity index (χ4n) is 2.14. The van der Waals surface area contributed by atoms with Crippen molar-refractivity contribution in [1.29, 1.82) is 0 Å². The molecule has 21 heavy (non-hydrogen) atoms. The van der Waals surface area contributed by atoms with Gasteiger partial charge in [-0.25, -0.2) is 4.98 Å². The highest BCUT2D eigenvalue weighted by Gasteiger charge is 2.15. The van der Waals surface area contributed by atoms with E-state index in [1.54, 1.807) is 0 Å². The summed E-state index contributed by atoms with van der Waals surface area (Å²) in [6, 6.07) is 9.63. The van der Waals surface area contributed by atoms with Gasteiger partial charge in [-0.2, -0.15) is 0 Å². The Morgan fingerprint density at radius 2 is 1.95 bits per heavy atom. The number of nitrogens with zero attached hydrogens (tertiary/aromatic N) is 2. The van der Waals surface area contributed by atoms with Crippen LogP contribution in [0.4, 0.5) is 0 Å². The average molecular weight is 285 g/mol. The molecule has 1 aromatic carbocycles. The summed E-state index contributed by atoms with van der Waals surface area (Å²) in [6.45, 7) is 5.84. The normalized spacial score (nSPS) is 11.5.